The molecule has 0 heterocycles. The number of halogens is 3. The van der Waals surface area contributed by atoms with Crippen LogP contribution in [0, 0.1) is 28.8 Å². The Morgan fingerprint density at radius 3 is 2.48 bits per heavy atom. The first-order chi connectivity index (χ1) is 14.0. The van der Waals surface area contributed by atoms with E-state index in [9.17, 15) is 8.78 Å². The molecule has 3 aromatic carbocycles. The van der Waals surface area contributed by atoms with Crippen LogP contribution in [0.25, 0.3) is 22.3 Å². The summed E-state index contributed by atoms with van der Waals surface area (Å²) in [6.07, 6.45) is 4.80. The number of benzene rings is 3. The third-order valence-electron chi connectivity index (χ3n) is 5.59. The minimum atomic E-state index is -0.788. The van der Waals surface area contributed by atoms with Gasteiger partial charge < -0.3 is 0 Å². The fraction of sp³-hybridized carbons (Fsp3) is 0.240. The lowest BCUT2D eigenvalue weighted by molar-refractivity contribution is 0.582. The zero-order valence-electron chi connectivity index (χ0n) is 16.2. The third-order valence-corrected chi connectivity index (χ3v) is 5.59. The second-order valence-electron chi connectivity index (χ2n) is 7.51. The molecule has 0 bridgehead atoms. The SMILES string of the molecule is CCCCCc1ccc2c(c1)Cc1c-2cc(F)c(-c2ccc(C#N)c(F)c2)c1F. The molecule has 4 heteroatoms. The summed E-state index contributed by atoms with van der Waals surface area (Å²) in [6.45, 7) is 2.16. The number of unbranched alkanes of at least 4 members (excludes halogenated alkanes) is 2. The zero-order valence-corrected chi connectivity index (χ0v) is 16.2. The topological polar surface area (TPSA) is 23.8 Å². The summed E-state index contributed by atoms with van der Waals surface area (Å²) < 4.78 is 44.2. The van der Waals surface area contributed by atoms with Gasteiger partial charge in [0.2, 0.25) is 0 Å². The van der Waals surface area contributed by atoms with Crippen molar-refractivity contribution in [1.29, 1.82) is 5.26 Å². The molecule has 1 aliphatic rings. The van der Waals surface area contributed by atoms with Crippen LogP contribution in [-0.2, 0) is 12.8 Å². The summed E-state index contributed by atoms with van der Waals surface area (Å²) in [5, 5.41) is 8.87. The number of fused-ring (bicyclic) bond motifs is 3. The maximum Gasteiger partial charge on any atom is 0.141 e. The summed E-state index contributed by atoms with van der Waals surface area (Å²) in [5.74, 6) is -2.18. The Morgan fingerprint density at radius 2 is 1.76 bits per heavy atom. The van der Waals surface area contributed by atoms with Gasteiger partial charge in [0, 0.05) is 12.0 Å². The van der Waals surface area contributed by atoms with Crippen LogP contribution < -0.4 is 0 Å². The number of nitriles is 1. The predicted molar refractivity (Wildman–Crippen MR) is 108 cm³/mol. The second-order valence-corrected chi connectivity index (χ2v) is 7.51. The monoisotopic (exact) mass is 391 g/mol. The molecule has 0 radical (unpaired) electrons. The Kier molecular flexibility index (Phi) is 5.15. The molecule has 0 aromatic heterocycles. The van der Waals surface area contributed by atoms with Crippen LogP contribution in [0.1, 0.15) is 48.4 Å². The highest BCUT2D eigenvalue weighted by Crippen LogP contribution is 2.42. The van der Waals surface area contributed by atoms with E-state index in [0.29, 0.717) is 17.5 Å². The molecule has 0 N–H and O–H groups in total. The molecule has 1 nitrogen and oxygen atoms in total. The smallest absolute Gasteiger partial charge is 0.141 e. The summed E-state index contributed by atoms with van der Waals surface area (Å²) in [7, 11) is 0. The second kappa shape index (κ2) is 7.75. The molecule has 29 heavy (non-hydrogen) atoms. The van der Waals surface area contributed by atoms with E-state index in [-0.39, 0.29) is 16.7 Å². The molecule has 1 aliphatic carbocycles. The van der Waals surface area contributed by atoms with Crippen LogP contribution in [0.15, 0.2) is 42.5 Å². The van der Waals surface area contributed by atoms with Crippen molar-refractivity contribution in [2.45, 2.75) is 39.0 Å². The molecule has 0 aliphatic heterocycles. The van der Waals surface area contributed by atoms with Gasteiger partial charge in [-0.25, -0.2) is 13.2 Å². The van der Waals surface area contributed by atoms with Crippen LogP contribution in [0.2, 0.25) is 0 Å². The lowest BCUT2D eigenvalue weighted by Crippen LogP contribution is -1.98. The Labute approximate surface area is 168 Å². The molecular formula is C25H20F3N. The first-order valence-electron chi connectivity index (χ1n) is 9.86. The first kappa shape index (κ1) is 19.3. The van der Waals surface area contributed by atoms with Crippen molar-refractivity contribution in [3.63, 3.8) is 0 Å². The summed E-state index contributed by atoms with van der Waals surface area (Å²) >= 11 is 0. The van der Waals surface area contributed by atoms with Gasteiger partial charge in [-0.2, -0.15) is 5.26 Å². The van der Waals surface area contributed by atoms with Crippen molar-refractivity contribution >= 4 is 0 Å². The van der Waals surface area contributed by atoms with Gasteiger partial charge in [0.15, 0.2) is 0 Å². The number of hydrogen-bond acceptors (Lipinski definition) is 1. The Bertz CT molecular complexity index is 1140. The fourth-order valence-electron chi connectivity index (χ4n) is 4.08. The summed E-state index contributed by atoms with van der Waals surface area (Å²) in [4.78, 5) is 0. The first-order valence-corrected chi connectivity index (χ1v) is 9.86. The quantitative estimate of drug-likeness (QED) is 0.338. The zero-order chi connectivity index (χ0) is 20.5. The summed E-state index contributed by atoms with van der Waals surface area (Å²) in [6, 6.07) is 12.8. The van der Waals surface area contributed by atoms with Gasteiger partial charge in [-0.1, -0.05) is 44.0 Å². The molecule has 0 fully saturated rings. The maximum atomic E-state index is 15.3. The molecule has 0 spiro atoms. The van der Waals surface area contributed by atoms with Crippen LogP contribution in [0.3, 0.4) is 0 Å². The van der Waals surface area contributed by atoms with Crippen molar-refractivity contribution in [2.24, 2.45) is 0 Å². The van der Waals surface area contributed by atoms with Gasteiger partial charge in [0.05, 0.1) is 11.1 Å². The lowest BCUT2D eigenvalue weighted by Gasteiger charge is -2.11. The summed E-state index contributed by atoms with van der Waals surface area (Å²) in [5.41, 5.74) is 3.75. The molecular weight excluding hydrogens is 371 g/mol. The average Bonchev–Trinajstić information content (AvgIpc) is 3.06. The highest BCUT2D eigenvalue weighted by molar-refractivity contribution is 5.81. The lowest BCUT2D eigenvalue weighted by atomic mass is 9.96. The van der Waals surface area contributed by atoms with Crippen molar-refractivity contribution in [3.05, 3.63) is 82.2 Å². The average molecular weight is 391 g/mol. The van der Waals surface area contributed by atoms with Crippen LogP contribution in [0.4, 0.5) is 13.2 Å². The van der Waals surface area contributed by atoms with E-state index in [1.807, 2.05) is 12.1 Å². The van der Waals surface area contributed by atoms with E-state index in [2.05, 4.69) is 13.0 Å². The third kappa shape index (κ3) is 3.42. The number of hydrogen-bond donors (Lipinski definition) is 0. The molecule has 0 saturated carbocycles. The van der Waals surface area contributed by atoms with E-state index in [0.717, 1.165) is 36.5 Å². The van der Waals surface area contributed by atoms with Crippen molar-refractivity contribution in [1.82, 2.24) is 0 Å². The molecule has 4 rings (SSSR count). The van der Waals surface area contributed by atoms with Gasteiger partial charge in [0.25, 0.3) is 0 Å². The molecule has 0 unspecified atom stereocenters. The van der Waals surface area contributed by atoms with Gasteiger partial charge in [-0.15, -0.1) is 0 Å². The predicted octanol–water partition coefficient (Wildman–Crippen LogP) is 6.95. The van der Waals surface area contributed by atoms with E-state index >= 15 is 4.39 Å². The highest BCUT2D eigenvalue weighted by atomic mass is 19.1. The normalized spacial score (nSPS) is 11.8. The van der Waals surface area contributed by atoms with E-state index < -0.39 is 17.5 Å². The number of rotatable bonds is 5. The fourth-order valence-corrected chi connectivity index (χ4v) is 4.08. The minimum Gasteiger partial charge on any atom is -0.206 e. The van der Waals surface area contributed by atoms with Crippen LogP contribution >= 0.6 is 0 Å². The largest absolute Gasteiger partial charge is 0.206 e. The number of nitrogens with zero attached hydrogens (tertiary/aromatic N) is 1. The van der Waals surface area contributed by atoms with E-state index in [1.54, 1.807) is 6.07 Å². The van der Waals surface area contributed by atoms with E-state index in [1.165, 1.54) is 30.2 Å². The van der Waals surface area contributed by atoms with Gasteiger partial charge >= 0.3 is 0 Å². The van der Waals surface area contributed by atoms with E-state index in [4.69, 9.17) is 5.26 Å². The Hall–Kier alpha value is -3.06. The van der Waals surface area contributed by atoms with Gasteiger partial charge in [0.1, 0.15) is 23.5 Å². The molecule has 0 atom stereocenters. The number of aryl methyl sites for hydroxylation is 1. The van der Waals surface area contributed by atoms with Crippen molar-refractivity contribution < 1.29 is 13.2 Å². The molecule has 0 amide bonds. The maximum absolute atomic E-state index is 15.3. The minimum absolute atomic E-state index is 0.0931. The molecule has 3 aromatic rings. The standard InChI is InChI=1S/C25H20F3N/c1-2-3-4-5-15-6-9-19-18(10-15)11-21-20(19)13-23(27)24(25(21)28)16-7-8-17(14-29)22(26)12-16/h6-10,12-13H,2-5,11H2,1H3. The highest BCUT2D eigenvalue weighted by Gasteiger charge is 2.27. The van der Waals surface area contributed by atoms with Crippen LogP contribution in [-0.4, -0.2) is 0 Å². The van der Waals surface area contributed by atoms with Gasteiger partial charge in [-0.05, 0) is 58.9 Å². The Balaban J connectivity index is 1.73. The van der Waals surface area contributed by atoms with Crippen molar-refractivity contribution in [2.75, 3.05) is 0 Å². The van der Waals surface area contributed by atoms with Crippen LogP contribution in [0.5, 0.6) is 0 Å². The van der Waals surface area contributed by atoms with Gasteiger partial charge in [-0.3, -0.25) is 0 Å². The molecule has 0 saturated heterocycles. The molecule has 146 valence electrons. The Morgan fingerprint density at radius 1 is 0.931 bits per heavy atom. The van der Waals surface area contributed by atoms with Crippen molar-refractivity contribution in [3.8, 4) is 28.3 Å².